The lowest BCUT2D eigenvalue weighted by Gasteiger charge is -2.10. The van der Waals surface area contributed by atoms with Crippen molar-refractivity contribution in [3.05, 3.63) is 41.5 Å². The van der Waals surface area contributed by atoms with Gasteiger partial charge in [0.05, 0.1) is 17.5 Å². The van der Waals surface area contributed by atoms with Crippen LogP contribution in [0.3, 0.4) is 0 Å². The molecule has 1 saturated carbocycles. The van der Waals surface area contributed by atoms with Gasteiger partial charge in [-0.05, 0) is 37.0 Å². The van der Waals surface area contributed by atoms with Gasteiger partial charge < -0.3 is 4.74 Å². The van der Waals surface area contributed by atoms with Gasteiger partial charge in [-0.25, -0.2) is 4.79 Å². The van der Waals surface area contributed by atoms with Crippen molar-refractivity contribution in [2.45, 2.75) is 19.8 Å². The zero-order chi connectivity index (χ0) is 15.2. The number of Topliss-reactive ketones (excluding diaryl/α,β-unsaturated/α-hetero) is 1. The van der Waals surface area contributed by atoms with Crippen LogP contribution >= 0.6 is 12.2 Å². The molecular weight excluding hydrogens is 286 g/mol. The average molecular weight is 303 g/mol. The van der Waals surface area contributed by atoms with Gasteiger partial charge in [-0.2, -0.15) is 0 Å². The maximum absolute atomic E-state index is 12.3. The number of ether oxygens (including phenoxy) is 1. The number of rotatable bonds is 3. The van der Waals surface area contributed by atoms with E-state index in [0.717, 1.165) is 11.1 Å². The van der Waals surface area contributed by atoms with E-state index in [1.807, 2.05) is 36.4 Å². The van der Waals surface area contributed by atoms with Gasteiger partial charge in [0.25, 0.3) is 0 Å². The molecule has 0 aromatic heterocycles. The summed E-state index contributed by atoms with van der Waals surface area (Å²) in [6, 6.07) is 9.68. The first-order chi connectivity index (χ1) is 10.1. The number of thiocarbonyl (C=S) groups is 1. The Bertz CT molecular complexity index is 580. The Morgan fingerprint density at radius 3 is 2.81 bits per heavy atom. The third-order valence-electron chi connectivity index (χ3n) is 3.29. The molecule has 0 radical (unpaired) electrons. The number of carbonyl (C=O) groups is 2. The molecule has 0 aliphatic heterocycles. The highest BCUT2D eigenvalue weighted by Crippen LogP contribution is 2.29. The molecule has 5 heteroatoms. The van der Waals surface area contributed by atoms with E-state index in [0.29, 0.717) is 12.8 Å². The van der Waals surface area contributed by atoms with Crippen molar-refractivity contribution >= 4 is 35.2 Å². The van der Waals surface area contributed by atoms with E-state index in [9.17, 15) is 9.59 Å². The number of hydrogen-bond donors (Lipinski definition) is 1. The Kier molecular flexibility index (Phi) is 5.22. The fourth-order valence-corrected chi connectivity index (χ4v) is 2.58. The Balaban J connectivity index is 2.03. The van der Waals surface area contributed by atoms with E-state index in [1.54, 1.807) is 6.92 Å². The summed E-state index contributed by atoms with van der Waals surface area (Å²) in [7, 11) is 0. The normalized spacial score (nSPS) is 19.6. The lowest BCUT2D eigenvalue weighted by atomic mass is 10.0. The Morgan fingerprint density at radius 2 is 2.14 bits per heavy atom. The van der Waals surface area contributed by atoms with Crippen molar-refractivity contribution in [1.29, 1.82) is 0 Å². The van der Waals surface area contributed by atoms with Crippen molar-refractivity contribution in [2.75, 3.05) is 6.61 Å². The van der Waals surface area contributed by atoms with Gasteiger partial charge in [-0.15, -0.1) is 0 Å². The summed E-state index contributed by atoms with van der Waals surface area (Å²) in [5.74, 6) is -0.444. The third-order valence-corrected chi connectivity index (χ3v) is 3.68. The van der Waals surface area contributed by atoms with Crippen LogP contribution in [-0.2, 0) is 9.53 Å². The molecule has 2 rings (SSSR count). The largest absolute Gasteiger partial charge is 0.450 e. The summed E-state index contributed by atoms with van der Waals surface area (Å²) in [5, 5.41) is 2.46. The van der Waals surface area contributed by atoms with Gasteiger partial charge in [-0.3, -0.25) is 10.1 Å². The molecule has 0 heterocycles. The number of allylic oxidation sites excluding steroid dienone is 1. The van der Waals surface area contributed by atoms with Gasteiger partial charge in [0, 0.05) is 0 Å². The number of carbonyl (C=O) groups excluding carboxylic acids is 2. The van der Waals surface area contributed by atoms with Gasteiger partial charge in [0.1, 0.15) is 0 Å². The van der Waals surface area contributed by atoms with Crippen LogP contribution in [0.25, 0.3) is 6.08 Å². The van der Waals surface area contributed by atoms with E-state index >= 15 is 0 Å². The smallest absolute Gasteiger partial charge is 0.412 e. The highest BCUT2D eigenvalue weighted by molar-refractivity contribution is 7.80. The van der Waals surface area contributed by atoms with Crippen LogP contribution in [0.5, 0.6) is 0 Å². The minimum Gasteiger partial charge on any atom is -0.450 e. The van der Waals surface area contributed by atoms with Gasteiger partial charge in [0.15, 0.2) is 5.78 Å². The number of ketones is 1. The number of benzene rings is 1. The van der Waals surface area contributed by atoms with Crippen molar-refractivity contribution in [1.82, 2.24) is 5.32 Å². The van der Waals surface area contributed by atoms with E-state index in [2.05, 4.69) is 5.32 Å². The third kappa shape index (κ3) is 3.98. The topological polar surface area (TPSA) is 55.4 Å². The Hall–Kier alpha value is -2.01. The minimum atomic E-state index is -0.601. The monoisotopic (exact) mass is 303 g/mol. The summed E-state index contributed by atoms with van der Waals surface area (Å²) in [6.45, 7) is 1.98. The first-order valence-corrected chi connectivity index (χ1v) is 7.30. The highest BCUT2D eigenvalue weighted by atomic mass is 32.1. The molecule has 0 saturated heterocycles. The summed E-state index contributed by atoms with van der Waals surface area (Å²) in [6.07, 6.45) is 2.58. The Morgan fingerprint density at radius 1 is 1.43 bits per heavy atom. The molecule has 1 aliphatic rings. The average Bonchev–Trinajstić information content (AvgIpc) is 2.81. The maximum atomic E-state index is 12.3. The van der Waals surface area contributed by atoms with Crippen LogP contribution in [0.2, 0.25) is 0 Å². The van der Waals surface area contributed by atoms with Crippen LogP contribution in [-0.4, -0.2) is 23.5 Å². The molecule has 1 aliphatic carbocycles. The van der Waals surface area contributed by atoms with Crippen molar-refractivity contribution in [3.63, 3.8) is 0 Å². The van der Waals surface area contributed by atoms with Crippen molar-refractivity contribution in [2.24, 2.45) is 5.92 Å². The van der Waals surface area contributed by atoms with Gasteiger partial charge in [0.2, 0.25) is 0 Å². The molecule has 1 atom stereocenters. The molecule has 1 fully saturated rings. The molecule has 0 bridgehead atoms. The molecule has 0 unspecified atom stereocenters. The van der Waals surface area contributed by atoms with Crippen LogP contribution in [0, 0.1) is 5.92 Å². The summed E-state index contributed by atoms with van der Waals surface area (Å²) >= 11 is 5.14. The first-order valence-electron chi connectivity index (χ1n) is 6.89. The van der Waals surface area contributed by atoms with Gasteiger partial charge >= 0.3 is 6.09 Å². The second kappa shape index (κ2) is 7.13. The second-order valence-corrected chi connectivity index (χ2v) is 5.19. The van der Waals surface area contributed by atoms with Crippen molar-refractivity contribution < 1.29 is 14.3 Å². The van der Waals surface area contributed by atoms with Gasteiger partial charge in [-0.1, -0.05) is 42.5 Å². The highest BCUT2D eigenvalue weighted by Gasteiger charge is 2.33. The molecule has 1 aromatic rings. The predicted octanol–water partition coefficient (Wildman–Crippen LogP) is 3.12. The van der Waals surface area contributed by atoms with Crippen LogP contribution in [0.1, 0.15) is 25.3 Å². The second-order valence-electron chi connectivity index (χ2n) is 4.75. The van der Waals surface area contributed by atoms with E-state index in [-0.39, 0.29) is 17.4 Å². The fraction of sp³-hybridized carbons (Fsp3) is 0.312. The summed E-state index contributed by atoms with van der Waals surface area (Å²) < 4.78 is 4.77. The molecule has 21 heavy (non-hydrogen) atoms. The SMILES string of the molecule is CCOC(=O)NC(=S)[C@H]1CC/C(=C\c2ccccc2)C1=O. The van der Waals surface area contributed by atoms with E-state index < -0.39 is 12.0 Å². The predicted molar refractivity (Wildman–Crippen MR) is 84.9 cm³/mol. The van der Waals surface area contributed by atoms with E-state index in [1.165, 1.54) is 0 Å². The molecule has 4 nitrogen and oxygen atoms in total. The minimum absolute atomic E-state index is 0.0133. The molecule has 1 aromatic carbocycles. The van der Waals surface area contributed by atoms with E-state index in [4.69, 9.17) is 17.0 Å². The van der Waals surface area contributed by atoms with Crippen LogP contribution in [0.4, 0.5) is 4.79 Å². The maximum Gasteiger partial charge on any atom is 0.412 e. The number of nitrogens with one attached hydrogen (secondary N) is 1. The van der Waals surface area contributed by atoms with Crippen molar-refractivity contribution in [3.8, 4) is 0 Å². The number of hydrogen-bond acceptors (Lipinski definition) is 4. The lowest BCUT2D eigenvalue weighted by molar-refractivity contribution is -0.116. The standard InChI is InChI=1S/C16H17NO3S/c1-2-20-16(19)17-15(21)13-9-8-12(14(13)18)10-11-6-4-3-5-7-11/h3-7,10,13H,2,8-9H2,1H3,(H,17,19,21)/b12-10+/t13-/m0/s1. The molecule has 1 N–H and O–H groups in total. The van der Waals surface area contributed by atoms with Crippen LogP contribution < -0.4 is 5.32 Å². The Labute approximate surface area is 129 Å². The molecule has 0 spiro atoms. The summed E-state index contributed by atoms with van der Waals surface area (Å²) in [5.41, 5.74) is 1.74. The number of alkyl carbamates (subject to hydrolysis) is 1. The van der Waals surface area contributed by atoms with Crippen LogP contribution in [0.15, 0.2) is 35.9 Å². The molecule has 1 amide bonds. The first kappa shape index (κ1) is 15.4. The molecule has 110 valence electrons. The zero-order valence-corrected chi connectivity index (χ0v) is 12.6. The zero-order valence-electron chi connectivity index (χ0n) is 11.8. The lowest BCUT2D eigenvalue weighted by Crippen LogP contribution is -2.36. The quantitative estimate of drug-likeness (QED) is 0.688. The summed E-state index contributed by atoms with van der Waals surface area (Å²) in [4.78, 5) is 23.9. The molecular formula is C16H17NO3S. The fourth-order valence-electron chi connectivity index (χ4n) is 2.28. The number of amides is 1.